The summed E-state index contributed by atoms with van der Waals surface area (Å²) in [4.78, 5) is 4.13. The fourth-order valence-electron chi connectivity index (χ4n) is 1.99. The number of benzene rings is 1. The maximum atomic E-state index is 8.63. The molecular formula is C18H21NO2. The van der Waals surface area contributed by atoms with E-state index in [2.05, 4.69) is 35.3 Å². The van der Waals surface area contributed by atoms with Gasteiger partial charge in [-0.25, -0.2) is 0 Å². The minimum Gasteiger partial charge on any atom is -0.396 e. The lowest BCUT2D eigenvalue weighted by Gasteiger charge is -2.02. The number of nitrogens with zero attached hydrogens (tertiary/aromatic N) is 1. The van der Waals surface area contributed by atoms with Gasteiger partial charge in [-0.05, 0) is 35.6 Å². The van der Waals surface area contributed by atoms with E-state index >= 15 is 0 Å². The molecule has 0 bridgehead atoms. The molecule has 0 unspecified atom stereocenters. The molecule has 21 heavy (non-hydrogen) atoms. The first kappa shape index (κ1) is 15.4. The molecule has 0 atom stereocenters. The highest BCUT2D eigenvalue weighted by atomic mass is 16.5. The van der Waals surface area contributed by atoms with E-state index in [9.17, 15) is 0 Å². The van der Waals surface area contributed by atoms with Crippen LogP contribution in [0, 0.1) is 0 Å². The van der Waals surface area contributed by atoms with E-state index in [1.807, 2.05) is 24.4 Å². The Kier molecular flexibility index (Phi) is 6.65. The van der Waals surface area contributed by atoms with Gasteiger partial charge in [-0.2, -0.15) is 0 Å². The Balaban J connectivity index is 1.80. The molecule has 1 aromatic heterocycles. The molecule has 2 rings (SSSR count). The number of hydrogen-bond donors (Lipinski definition) is 1. The molecule has 1 N–H and O–H groups in total. The average Bonchev–Trinajstić information content (AvgIpc) is 2.53. The first-order chi connectivity index (χ1) is 10.4. The Labute approximate surface area is 125 Å². The third kappa shape index (κ3) is 5.90. The fraction of sp³-hybridized carbons (Fsp3) is 0.278. The molecule has 0 aliphatic rings. The quantitative estimate of drug-likeness (QED) is 0.757. The molecule has 110 valence electrons. The number of hydrogen-bond acceptors (Lipinski definition) is 3. The van der Waals surface area contributed by atoms with E-state index in [1.54, 1.807) is 6.20 Å². The van der Waals surface area contributed by atoms with Gasteiger partial charge in [0.2, 0.25) is 0 Å². The van der Waals surface area contributed by atoms with Gasteiger partial charge in [-0.15, -0.1) is 0 Å². The van der Waals surface area contributed by atoms with Crippen molar-refractivity contribution in [1.29, 1.82) is 0 Å². The fourth-order valence-corrected chi connectivity index (χ4v) is 1.99. The number of aliphatic hydroxyl groups is 1. The van der Waals surface area contributed by atoms with Crippen LogP contribution in [0.15, 0.2) is 54.9 Å². The maximum Gasteiger partial charge on any atom is 0.0650 e. The van der Waals surface area contributed by atoms with Crippen LogP contribution in [0.2, 0.25) is 0 Å². The van der Waals surface area contributed by atoms with Crippen LogP contribution in [-0.4, -0.2) is 29.9 Å². The molecule has 0 amide bonds. The summed E-state index contributed by atoms with van der Waals surface area (Å²) in [7, 11) is 0. The van der Waals surface area contributed by atoms with Crippen LogP contribution < -0.4 is 0 Å². The summed E-state index contributed by atoms with van der Waals surface area (Å²) in [6.45, 7) is 1.37. The summed E-state index contributed by atoms with van der Waals surface area (Å²) in [6.07, 6.45) is 9.33. The highest BCUT2D eigenvalue weighted by molar-refractivity contribution is 5.50. The Morgan fingerprint density at radius 2 is 1.95 bits per heavy atom. The molecule has 0 aliphatic carbocycles. The van der Waals surface area contributed by atoms with E-state index in [-0.39, 0.29) is 6.61 Å². The van der Waals surface area contributed by atoms with E-state index in [0.29, 0.717) is 19.6 Å². The minimum atomic E-state index is 0.183. The summed E-state index contributed by atoms with van der Waals surface area (Å²) < 4.78 is 5.34. The van der Waals surface area contributed by atoms with Crippen LogP contribution in [0.1, 0.15) is 23.1 Å². The molecule has 3 nitrogen and oxygen atoms in total. The first-order valence-electron chi connectivity index (χ1n) is 7.21. The number of rotatable bonds is 8. The number of aliphatic hydroxyl groups excluding tert-OH is 1. The lowest BCUT2D eigenvalue weighted by Crippen LogP contribution is -1.96. The van der Waals surface area contributed by atoms with Gasteiger partial charge in [-0.3, -0.25) is 4.98 Å². The first-order valence-corrected chi connectivity index (χ1v) is 7.21. The number of aromatic nitrogens is 1. The number of pyridine rings is 1. The summed E-state index contributed by atoms with van der Waals surface area (Å²) in [5, 5.41) is 8.63. The van der Waals surface area contributed by atoms with Gasteiger partial charge >= 0.3 is 0 Å². The van der Waals surface area contributed by atoms with Crippen molar-refractivity contribution >= 4 is 6.08 Å². The third-order valence-electron chi connectivity index (χ3n) is 3.08. The Bertz CT molecular complexity index is 535. The van der Waals surface area contributed by atoms with Gasteiger partial charge in [-0.1, -0.05) is 42.5 Å². The molecule has 0 radical (unpaired) electrons. The predicted molar refractivity (Wildman–Crippen MR) is 85.0 cm³/mol. The minimum absolute atomic E-state index is 0.183. The van der Waals surface area contributed by atoms with Gasteiger partial charge in [0.05, 0.1) is 6.61 Å². The van der Waals surface area contributed by atoms with Crippen molar-refractivity contribution in [2.45, 2.75) is 12.8 Å². The molecule has 0 saturated heterocycles. The van der Waals surface area contributed by atoms with Crippen LogP contribution in [0.5, 0.6) is 0 Å². The SMILES string of the molecule is OCCCOC/C=C/c1ccc(Cc2cccnc2)cc1. The van der Waals surface area contributed by atoms with Crippen LogP contribution >= 0.6 is 0 Å². The highest BCUT2D eigenvalue weighted by Gasteiger charge is 1.96. The Hall–Kier alpha value is -1.97. The topological polar surface area (TPSA) is 42.4 Å². The lowest BCUT2D eigenvalue weighted by atomic mass is 10.0. The molecule has 0 saturated carbocycles. The standard InChI is InChI=1S/C18H21NO2/c20-11-3-13-21-12-2-5-16-6-8-17(9-7-16)14-18-4-1-10-19-15-18/h1-2,4-10,15,20H,3,11-14H2/b5-2+. The molecule has 0 aliphatic heterocycles. The third-order valence-corrected chi connectivity index (χ3v) is 3.08. The van der Waals surface area contributed by atoms with Crippen LogP contribution in [0.3, 0.4) is 0 Å². The van der Waals surface area contributed by atoms with Crippen molar-refractivity contribution in [1.82, 2.24) is 4.98 Å². The second-order valence-corrected chi connectivity index (χ2v) is 4.83. The monoisotopic (exact) mass is 283 g/mol. The molecular weight excluding hydrogens is 262 g/mol. The Morgan fingerprint density at radius 3 is 2.67 bits per heavy atom. The summed E-state index contributed by atoms with van der Waals surface area (Å²) >= 11 is 0. The smallest absolute Gasteiger partial charge is 0.0650 e. The van der Waals surface area contributed by atoms with Crippen molar-refractivity contribution in [2.24, 2.45) is 0 Å². The average molecular weight is 283 g/mol. The molecule has 0 fully saturated rings. The summed E-state index contributed by atoms with van der Waals surface area (Å²) in [5.41, 5.74) is 3.66. The van der Waals surface area contributed by atoms with Crippen molar-refractivity contribution in [3.8, 4) is 0 Å². The zero-order valence-electron chi connectivity index (χ0n) is 12.1. The van der Waals surface area contributed by atoms with E-state index in [1.165, 1.54) is 11.1 Å². The van der Waals surface area contributed by atoms with Gasteiger partial charge in [0, 0.05) is 25.6 Å². The van der Waals surface area contributed by atoms with Crippen molar-refractivity contribution in [3.63, 3.8) is 0 Å². The maximum absolute atomic E-state index is 8.63. The van der Waals surface area contributed by atoms with Crippen molar-refractivity contribution < 1.29 is 9.84 Å². The zero-order chi connectivity index (χ0) is 14.8. The van der Waals surface area contributed by atoms with Gasteiger partial charge in [0.1, 0.15) is 0 Å². The Morgan fingerprint density at radius 1 is 1.10 bits per heavy atom. The van der Waals surface area contributed by atoms with E-state index in [4.69, 9.17) is 9.84 Å². The molecule has 1 aromatic carbocycles. The summed E-state index contributed by atoms with van der Waals surface area (Å²) in [5.74, 6) is 0. The van der Waals surface area contributed by atoms with E-state index < -0.39 is 0 Å². The number of ether oxygens (including phenoxy) is 1. The molecule has 1 heterocycles. The van der Waals surface area contributed by atoms with Crippen LogP contribution in [0.25, 0.3) is 6.08 Å². The van der Waals surface area contributed by atoms with Crippen molar-refractivity contribution in [2.75, 3.05) is 19.8 Å². The molecule has 2 aromatic rings. The van der Waals surface area contributed by atoms with Gasteiger partial charge in [0.25, 0.3) is 0 Å². The second kappa shape index (κ2) is 9.06. The largest absolute Gasteiger partial charge is 0.396 e. The zero-order valence-corrected chi connectivity index (χ0v) is 12.1. The van der Waals surface area contributed by atoms with Crippen molar-refractivity contribution in [3.05, 3.63) is 71.6 Å². The second-order valence-electron chi connectivity index (χ2n) is 4.83. The predicted octanol–water partition coefficient (Wildman–Crippen LogP) is 3.08. The van der Waals surface area contributed by atoms with Gasteiger partial charge < -0.3 is 9.84 Å². The normalized spacial score (nSPS) is 11.1. The molecule has 3 heteroatoms. The van der Waals surface area contributed by atoms with E-state index in [0.717, 1.165) is 12.0 Å². The highest BCUT2D eigenvalue weighted by Crippen LogP contribution is 2.11. The molecule has 0 spiro atoms. The summed E-state index contributed by atoms with van der Waals surface area (Å²) in [6, 6.07) is 12.5. The van der Waals surface area contributed by atoms with Gasteiger partial charge in [0.15, 0.2) is 0 Å². The van der Waals surface area contributed by atoms with Crippen LogP contribution in [-0.2, 0) is 11.2 Å². The van der Waals surface area contributed by atoms with Crippen LogP contribution in [0.4, 0.5) is 0 Å². The lowest BCUT2D eigenvalue weighted by molar-refractivity contribution is 0.139.